The van der Waals surface area contributed by atoms with Crippen LogP contribution in [-0.4, -0.2) is 236 Å². The number of rotatable bonds is 3. The molecule has 7 saturated heterocycles. The van der Waals surface area contributed by atoms with Crippen LogP contribution in [-0.2, 0) is 9.47 Å². The summed E-state index contributed by atoms with van der Waals surface area (Å²) in [6.45, 7) is 46.1. The molecular weight excluding hydrogens is 1020 g/mol. The molecule has 0 bridgehead atoms. The molecule has 9 rings (SSSR count). The molecule has 0 aromatic heterocycles. The number of piperidine rings is 3. The molecule has 12 heteroatoms. The molecule has 0 radical (unpaired) electrons. The molecule has 9 aliphatic rings. The molecule has 3 N–H and O–H groups in total. The first-order valence-corrected chi connectivity index (χ1v) is 35.3. The maximum Gasteiger partial charge on any atom is 0.0989 e. The van der Waals surface area contributed by atoms with Crippen LogP contribution in [0.5, 0.6) is 0 Å². The van der Waals surface area contributed by atoms with Crippen molar-refractivity contribution in [2.24, 2.45) is 17.8 Å². The Hall–Kier alpha value is -0.480. The summed E-state index contributed by atoms with van der Waals surface area (Å²) in [4.78, 5) is 15.7. The first kappa shape index (κ1) is 93.7. The highest BCUT2D eigenvalue weighted by Crippen LogP contribution is 2.23. The van der Waals surface area contributed by atoms with Crippen molar-refractivity contribution >= 4 is 0 Å². The Morgan fingerprint density at radius 1 is 0.458 bits per heavy atom. The lowest BCUT2D eigenvalue weighted by Gasteiger charge is -2.24. The van der Waals surface area contributed by atoms with E-state index in [9.17, 15) is 0 Å². The summed E-state index contributed by atoms with van der Waals surface area (Å²) in [5.41, 5.74) is 0. The average molecular weight is 1190 g/mol. The standard InChI is InChI=1S/C7H14.3C6H13N.C6H12O.C6H12.C5H11N.C4H9NO.C4H9N.2C4H11N.C4H10.2C3H9N.C3H8/c3*1-7-5-3-2-4-6-7;2*1-6-4-2-3-5-7-6;2*1-6-4-2-3-5-6;1-5-2-3-6-4-5;1-5-3-2-4-5;1-4-5(2)3;1-4(2)5-3;2*1-4(2)3;1-3-4-2;1-3-2/h7H,2-6H2,1H3;2*2-6H2,1H3;6-7H,2-5H2,1H3;6H,2-5H2,1H3;6H,2-5H2,1H3;2-5H2,1H3;2-4H2,1H3;2-4H2,1H3;4H2,1-3H3;4-5H,1-3H3;4H,1-3H3;1-3H3;4H,3H2,1-2H3;3H2,1-2H3/t;;;2*6-;;;;;;;;;;/m...01........../s1. The number of nitrogens with one attached hydrogen (secondary N) is 3. The van der Waals surface area contributed by atoms with E-state index in [1.807, 2.05) is 47.2 Å². The van der Waals surface area contributed by atoms with E-state index in [2.05, 4.69) is 178 Å². The molecule has 0 aromatic carbocycles. The topological polar surface area (TPSA) is 77.2 Å². The van der Waals surface area contributed by atoms with Gasteiger partial charge in [0.25, 0.3) is 0 Å². The van der Waals surface area contributed by atoms with Crippen molar-refractivity contribution in [1.29, 1.82) is 0 Å². The van der Waals surface area contributed by atoms with Gasteiger partial charge in [0, 0.05) is 25.2 Å². The highest BCUT2D eigenvalue weighted by molar-refractivity contribution is 4.66. The van der Waals surface area contributed by atoms with Crippen molar-refractivity contribution in [1.82, 2.24) is 50.2 Å². The quantitative estimate of drug-likeness (QED) is 0.252. The lowest BCUT2D eigenvalue weighted by Crippen LogP contribution is -2.32. The zero-order valence-corrected chi connectivity index (χ0v) is 62.2. The highest BCUT2D eigenvalue weighted by atomic mass is 16.5. The fourth-order valence-corrected chi connectivity index (χ4v) is 8.32. The van der Waals surface area contributed by atoms with Crippen LogP contribution < -0.4 is 16.0 Å². The van der Waals surface area contributed by atoms with Crippen LogP contribution in [0.15, 0.2) is 0 Å². The van der Waals surface area contributed by atoms with Gasteiger partial charge in [0.2, 0.25) is 0 Å². The van der Waals surface area contributed by atoms with Gasteiger partial charge in [-0.1, -0.05) is 160 Å². The number of likely N-dealkylation sites (tertiary alicyclic amines) is 4. The molecule has 510 valence electrons. The molecule has 83 heavy (non-hydrogen) atoms. The first-order valence-electron chi connectivity index (χ1n) is 35.3. The van der Waals surface area contributed by atoms with Crippen LogP contribution >= 0.6 is 0 Å². The summed E-state index contributed by atoms with van der Waals surface area (Å²) < 4.78 is 10.3. The molecule has 9 fully saturated rings. The zero-order valence-electron chi connectivity index (χ0n) is 62.2. The Morgan fingerprint density at radius 2 is 0.771 bits per heavy atom. The van der Waals surface area contributed by atoms with Gasteiger partial charge in [-0.2, -0.15) is 0 Å². The zero-order chi connectivity index (χ0) is 64.3. The van der Waals surface area contributed by atoms with Gasteiger partial charge in [-0.15, -0.1) is 0 Å². The van der Waals surface area contributed by atoms with Crippen molar-refractivity contribution in [3.05, 3.63) is 0 Å². The van der Waals surface area contributed by atoms with Gasteiger partial charge >= 0.3 is 0 Å². The number of likely N-dealkylation sites (N-methyl/N-ethyl adjacent to an activating group) is 1. The Kier molecular flexibility index (Phi) is 85.5. The van der Waals surface area contributed by atoms with Gasteiger partial charge in [-0.05, 0) is 265 Å². The Balaban J connectivity index is -0.000000192. The van der Waals surface area contributed by atoms with Gasteiger partial charge in [-0.3, -0.25) is 4.90 Å². The summed E-state index contributed by atoms with van der Waals surface area (Å²) in [5, 5.41) is 9.34. The minimum atomic E-state index is 0.536. The van der Waals surface area contributed by atoms with Crippen LogP contribution in [0.25, 0.3) is 0 Å². The smallest absolute Gasteiger partial charge is 0.0989 e. The van der Waals surface area contributed by atoms with Crippen molar-refractivity contribution in [3.63, 3.8) is 0 Å². The normalized spacial score (nSPS) is 21.7. The van der Waals surface area contributed by atoms with Crippen LogP contribution in [0.4, 0.5) is 0 Å². The second kappa shape index (κ2) is 75.8. The molecule has 0 unspecified atom stereocenters. The van der Waals surface area contributed by atoms with Crippen molar-refractivity contribution in [2.45, 2.75) is 269 Å². The Morgan fingerprint density at radius 3 is 0.880 bits per heavy atom. The van der Waals surface area contributed by atoms with E-state index in [1.54, 1.807) is 0 Å². The SMILES string of the molecule is CC(C)C.CC1CCCC1.CC1CCCCC1.CCC.CCN(C)C.CCNC.CN(C)C.CN1CCC1.CN1CCCC1.CN1CCCCC1.CN1CCCCC1.CN1CCOC1.CNC(C)C.C[C@@H]1CCCCO1.C[C@H]1CCCCN1. The molecule has 2 aliphatic carbocycles. The molecule has 0 spiro atoms. The van der Waals surface area contributed by atoms with Crippen molar-refractivity contribution in [2.75, 3.05) is 183 Å². The maximum absolute atomic E-state index is 5.28. The molecule has 0 amide bonds. The van der Waals surface area contributed by atoms with Crippen molar-refractivity contribution in [3.8, 4) is 0 Å². The average Bonchev–Trinajstić information content (AvgIpc) is 4.27. The van der Waals surface area contributed by atoms with E-state index < -0.39 is 0 Å². The molecular formula is C71H164N10O2. The van der Waals surface area contributed by atoms with Crippen LogP contribution in [0.2, 0.25) is 0 Å². The minimum absolute atomic E-state index is 0.536. The van der Waals surface area contributed by atoms with E-state index in [-0.39, 0.29) is 0 Å². The van der Waals surface area contributed by atoms with E-state index >= 15 is 0 Å². The number of hydrogen-bond acceptors (Lipinski definition) is 12. The number of nitrogens with zero attached hydrogens (tertiary/aromatic N) is 7. The molecule has 0 aromatic rings. The van der Waals surface area contributed by atoms with Crippen LogP contribution in [0.3, 0.4) is 0 Å². The third-order valence-corrected chi connectivity index (χ3v) is 14.6. The van der Waals surface area contributed by atoms with Crippen LogP contribution in [0, 0.1) is 17.8 Å². The third kappa shape index (κ3) is 101. The van der Waals surface area contributed by atoms with Gasteiger partial charge in [0.05, 0.1) is 19.4 Å². The second-order valence-corrected chi connectivity index (χ2v) is 27.0. The predicted molar refractivity (Wildman–Crippen MR) is 380 cm³/mol. The molecule has 7 aliphatic heterocycles. The summed E-state index contributed by atoms with van der Waals surface area (Å²) >= 11 is 0. The molecule has 2 saturated carbocycles. The van der Waals surface area contributed by atoms with E-state index in [1.165, 1.54) is 219 Å². The lowest BCUT2D eigenvalue weighted by atomic mass is 9.91. The van der Waals surface area contributed by atoms with Gasteiger partial charge in [-0.25, -0.2) is 0 Å². The monoisotopic (exact) mass is 1190 g/mol. The van der Waals surface area contributed by atoms with Gasteiger partial charge in [0.15, 0.2) is 0 Å². The van der Waals surface area contributed by atoms with Gasteiger partial charge in [0.1, 0.15) is 0 Å². The van der Waals surface area contributed by atoms with E-state index in [0.29, 0.717) is 12.1 Å². The first-order chi connectivity index (χ1) is 39.4. The van der Waals surface area contributed by atoms with Gasteiger partial charge < -0.3 is 54.8 Å². The molecule has 7 heterocycles. The molecule has 2 atom stereocenters. The van der Waals surface area contributed by atoms with Crippen LogP contribution in [0.1, 0.15) is 251 Å². The fourth-order valence-electron chi connectivity index (χ4n) is 8.32. The predicted octanol–water partition coefficient (Wildman–Crippen LogP) is 15.3. The summed E-state index contributed by atoms with van der Waals surface area (Å²) in [6, 6.07) is 1.42. The van der Waals surface area contributed by atoms with Crippen molar-refractivity contribution < 1.29 is 9.47 Å². The minimum Gasteiger partial charge on any atom is -0.379 e. The fraction of sp³-hybridized carbons (Fsp3) is 1.00. The second-order valence-electron chi connectivity index (χ2n) is 27.0. The molecule has 12 nitrogen and oxygen atoms in total. The third-order valence-electron chi connectivity index (χ3n) is 14.6. The van der Waals surface area contributed by atoms with E-state index in [4.69, 9.17) is 9.47 Å². The maximum atomic E-state index is 5.28. The highest BCUT2D eigenvalue weighted by Gasteiger charge is 2.10. The summed E-state index contributed by atoms with van der Waals surface area (Å²) in [5.74, 6) is 2.92. The summed E-state index contributed by atoms with van der Waals surface area (Å²) in [7, 11) is 24.7. The van der Waals surface area contributed by atoms with E-state index in [0.717, 1.165) is 63.4 Å². The Bertz CT molecular complexity index is 918. The lowest BCUT2D eigenvalue weighted by molar-refractivity contribution is 0.0285. The number of ether oxygens (including phenoxy) is 2. The summed E-state index contributed by atoms with van der Waals surface area (Å²) in [6.07, 6.45) is 36.0. The number of hydrogen-bond donors (Lipinski definition) is 3. The largest absolute Gasteiger partial charge is 0.379 e. The Labute approximate surface area is 527 Å².